The van der Waals surface area contributed by atoms with E-state index in [0.717, 1.165) is 19.6 Å². The van der Waals surface area contributed by atoms with E-state index in [9.17, 15) is 12.8 Å². The van der Waals surface area contributed by atoms with Crippen molar-refractivity contribution in [3.63, 3.8) is 0 Å². The molecule has 0 amide bonds. The van der Waals surface area contributed by atoms with Crippen LogP contribution in [0.1, 0.15) is 13.8 Å². The van der Waals surface area contributed by atoms with Gasteiger partial charge in [-0.15, -0.1) is 0 Å². The molecule has 0 bridgehead atoms. The average molecular weight is 313 g/mol. The third kappa shape index (κ3) is 4.12. The highest BCUT2D eigenvalue weighted by molar-refractivity contribution is 7.89. The molecule has 0 aliphatic carbocycles. The highest BCUT2D eigenvalue weighted by atomic mass is 32.2. The third-order valence-electron chi connectivity index (χ3n) is 3.68. The molecule has 21 heavy (non-hydrogen) atoms. The molecule has 0 atom stereocenters. The second-order valence-corrected chi connectivity index (χ2v) is 7.53. The summed E-state index contributed by atoms with van der Waals surface area (Å²) in [5.74, 6) is -0.426. The van der Waals surface area contributed by atoms with Crippen molar-refractivity contribution in [1.29, 1.82) is 0 Å². The lowest BCUT2D eigenvalue weighted by Gasteiger charge is -2.31. The number of allylic oxidation sites excluding steroid dienone is 1. The summed E-state index contributed by atoms with van der Waals surface area (Å²) >= 11 is 0. The molecular formula is C15H22FN2O2S+. The fourth-order valence-corrected chi connectivity index (χ4v) is 3.79. The van der Waals surface area contributed by atoms with Gasteiger partial charge >= 0.3 is 0 Å². The van der Waals surface area contributed by atoms with Gasteiger partial charge in [-0.25, -0.2) is 12.8 Å². The molecule has 0 spiro atoms. The van der Waals surface area contributed by atoms with Crippen molar-refractivity contribution in [2.45, 2.75) is 18.7 Å². The summed E-state index contributed by atoms with van der Waals surface area (Å²) in [6.07, 6.45) is 2.18. The van der Waals surface area contributed by atoms with Gasteiger partial charge in [-0.2, -0.15) is 4.31 Å². The van der Waals surface area contributed by atoms with E-state index >= 15 is 0 Å². The van der Waals surface area contributed by atoms with E-state index in [1.54, 1.807) is 0 Å². The molecule has 1 aliphatic rings. The van der Waals surface area contributed by atoms with Crippen LogP contribution in [0.25, 0.3) is 0 Å². The van der Waals surface area contributed by atoms with Crippen LogP contribution in [0.2, 0.25) is 0 Å². The molecule has 1 aromatic rings. The van der Waals surface area contributed by atoms with E-state index in [4.69, 9.17) is 0 Å². The SMILES string of the molecule is CC(C)=CC[NH+]1CCN(S(=O)(=O)c2ccc(F)cc2)CC1. The van der Waals surface area contributed by atoms with E-state index in [0.29, 0.717) is 13.1 Å². The third-order valence-corrected chi connectivity index (χ3v) is 5.59. The van der Waals surface area contributed by atoms with Gasteiger partial charge in [-0.3, -0.25) is 0 Å². The number of hydrogen-bond donors (Lipinski definition) is 1. The Morgan fingerprint density at radius 2 is 1.81 bits per heavy atom. The maximum Gasteiger partial charge on any atom is 0.243 e. The normalized spacial score (nSPS) is 17.7. The molecule has 0 saturated carbocycles. The second-order valence-electron chi connectivity index (χ2n) is 5.59. The zero-order valence-corrected chi connectivity index (χ0v) is 13.3. The number of nitrogens with zero attached hydrogens (tertiary/aromatic N) is 1. The van der Waals surface area contributed by atoms with Crippen LogP contribution in [0.15, 0.2) is 40.8 Å². The van der Waals surface area contributed by atoms with Gasteiger partial charge in [-0.05, 0) is 44.2 Å². The predicted octanol–water partition coefficient (Wildman–Crippen LogP) is 0.681. The van der Waals surface area contributed by atoms with E-state index in [1.807, 2.05) is 0 Å². The highest BCUT2D eigenvalue weighted by Crippen LogP contribution is 2.15. The molecule has 1 heterocycles. The Bertz CT molecular complexity index is 599. The van der Waals surface area contributed by atoms with Crippen molar-refractivity contribution < 1.29 is 17.7 Å². The summed E-state index contributed by atoms with van der Waals surface area (Å²) in [5, 5.41) is 0. The first-order chi connectivity index (χ1) is 9.89. The first kappa shape index (κ1) is 16.1. The van der Waals surface area contributed by atoms with Crippen molar-refractivity contribution >= 4 is 10.0 Å². The molecule has 1 fully saturated rings. The first-order valence-corrected chi connectivity index (χ1v) is 8.56. The smallest absolute Gasteiger partial charge is 0.243 e. The Balaban J connectivity index is 2.01. The van der Waals surface area contributed by atoms with Crippen molar-refractivity contribution in [1.82, 2.24) is 4.31 Å². The summed E-state index contributed by atoms with van der Waals surface area (Å²) < 4.78 is 39.3. The fourth-order valence-electron chi connectivity index (χ4n) is 2.35. The van der Waals surface area contributed by atoms with Crippen LogP contribution >= 0.6 is 0 Å². The fraction of sp³-hybridized carbons (Fsp3) is 0.467. The summed E-state index contributed by atoms with van der Waals surface area (Å²) in [6.45, 7) is 7.67. The molecule has 1 saturated heterocycles. The monoisotopic (exact) mass is 313 g/mol. The van der Waals surface area contributed by atoms with E-state index in [2.05, 4.69) is 19.9 Å². The predicted molar refractivity (Wildman–Crippen MR) is 80.2 cm³/mol. The summed E-state index contributed by atoms with van der Waals surface area (Å²) in [4.78, 5) is 1.55. The van der Waals surface area contributed by atoms with Gasteiger partial charge in [0, 0.05) is 0 Å². The average Bonchev–Trinajstić information content (AvgIpc) is 2.46. The van der Waals surface area contributed by atoms with Crippen LogP contribution in [-0.4, -0.2) is 45.4 Å². The second kappa shape index (κ2) is 6.68. The Morgan fingerprint density at radius 3 is 2.33 bits per heavy atom. The number of quaternary nitrogens is 1. The number of nitrogens with one attached hydrogen (secondary N) is 1. The van der Waals surface area contributed by atoms with E-state index in [-0.39, 0.29) is 4.90 Å². The minimum Gasteiger partial charge on any atom is -0.329 e. The molecule has 4 nitrogen and oxygen atoms in total. The molecule has 0 unspecified atom stereocenters. The quantitative estimate of drug-likeness (QED) is 0.831. The maximum atomic E-state index is 12.9. The molecule has 2 rings (SSSR count). The molecule has 0 aromatic heterocycles. The van der Waals surface area contributed by atoms with Crippen molar-refractivity contribution in [3.05, 3.63) is 41.7 Å². The number of halogens is 1. The number of benzene rings is 1. The maximum absolute atomic E-state index is 12.9. The Kier molecular flexibility index (Phi) is 5.13. The van der Waals surface area contributed by atoms with Crippen molar-refractivity contribution in [2.75, 3.05) is 32.7 Å². The number of sulfonamides is 1. The van der Waals surface area contributed by atoms with Gasteiger partial charge in [0.25, 0.3) is 0 Å². The van der Waals surface area contributed by atoms with Gasteiger partial charge in [0.1, 0.15) is 5.82 Å². The minimum atomic E-state index is -3.50. The number of rotatable bonds is 4. The van der Waals surface area contributed by atoms with Crippen LogP contribution in [0.5, 0.6) is 0 Å². The van der Waals surface area contributed by atoms with Gasteiger partial charge in [0.15, 0.2) is 0 Å². The van der Waals surface area contributed by atoms with E-state index in [1.165, 1.54) is 39.0 Å². The number of piperazine rings is 1. The van der Waals surface area contributed by atoms with Crippen LogP contribution in [0, 0.1) is 5.82 Å². The van der Waals surface area contributed by atoms with Gasteiger partial charge in [0.05, 0.1) is 37.6 Å². The zero-order chi connectivity index (χ0) is 15.5. The lowest BCUT2D eigenvalue weighted by Crippen LogP contribution is -3.14. The van der Waals surface area contributed by atoms with Crippen molar-refractivity contribution in [3.8, 4) is 0 Å². The van der Waals surface area contributed by atoms with Gasteiger partial charge < -0.3 is 4.90 Å². The van der Waals surface area contributed by atoms with Crippen LogP contribution in [-0.2, 0) is 10.0 Å². The zero-order valence-electron chi connectivity index (χ0n) is 12.5. The lowest BCUT2D eigenvalue weighted by atomic mass is 10.3. The molecule has 6 heteroatoms. The standard InChI is InChI=1S/C15H21FN2O2S/c1-13(2)7-8-17-9-11-18(12-10-17)21(19,20)15-5-3-14(16)4-6-15/h3-7H,8-12H2,1-2H3/p+1. The Labute approximate surface area is 125 Å². The molecule has 1 aromatic carbocycles. The van der Waals surface area contributed by atoms with Gasteiger partial charge in [0.2, 0.25) is 10.0 Å². The lowest BCUT2D eigenvalue weighted by molar-refractivity contribution is -0.897. The van der Waals surface area contributed by atoms with Crippen LogP contribution in [0.4, 0.5) is 4.39 Å². The van der Waals surface area contributed by atoms with Crippen LogP contribution < -0.4 is 4.90 Å². The Morgan fingerprint density at radius 1 is 1.24 bits per heavy atom. The van der Waals surface area contributed by atoms with E-state index < -0.39 is 15.8 Å². The van der Waals surface area contributed by atoms with Crippen molar-refractivity contribution in [2.24, 2.45) is 0 Å². The topological polar surface area (TPSA) is 41.8 Å². The minimum absolute atomic E-state index is 0.164. The highest BCUT2D eigenvalue weighted by Gasteiger charge is 2.29. The first-order valence-electron chi connectivity index (χ1n) is 7.12. The molecular weight excluding hydrogens is 291 g/mol. The molecule has 116 valence electrons. The number of hydrogen-bond acceptors (Lipinski definition) is 2. The van der Waals surface area contributed by atoms with Crippen LogP contribution in [0.3, 0.4) is 0 Å². The molecule has 0 radical (unpaired) electrons. The van der Waals surface area contributed by atoms with Gasteiger partial charge in [-0.1, -0.05) is 5.57 Å². The Hall–Kier alpha value is -1.24. The summed E-state index contributed by atoms with van der Waals surface area (Å²) in [6, 6.07) is 5.02. The molecule has 1 N–H and O–H groups in total. The molecule has 1 aliphatic heterocycles. The largest absolute Gasteiger partial charge is 0.329 e. The summed E-state index contributed by atoms with van der Waals surface area (Å²) in [5.41, 5.74) is 1.28. The summed E-state index contributed by atoms with van der Waals surface area (Å²) in [7, 11) is -3.50.